The molecule has 0 saturated carbocycles. The minimum Gasteiger partial charge on any atom is -0.436 e. The van der Waals surface area contributed by atoms with Crippen molar-refractivity contribution in [2.75, 3.05) is 24.8 Å². The minimum absolute atomic E-state index is 0.00489. The van der Waals surface area contributed by atoms with E-state index >= 15 is 0 Å². The molecule has 1 aromatic heterocycles. The number of anilines is 1. The number of fused-ring (bicyclic) bond motifs is 1. The molecule has 0 aliphatic heterocycles. The third-order valence-electron chi connectivity index (χ3n) is 3.86. The lowest BCUT2D eigenvalue weighted by Gasteiger charge is -2.07. The highest BCUT2D eigenvalue weighted by atomic mass is 35.5. The molecular weight excluding hydrogens is 392 g/mol. The van der Waals surface area contributed by atoms with E-state index in [4.69, 9.17) is 20.8 Å². The topological polar surface area (TPSA) is 98.5 Å². The summed E-state index contributed by atoms with van der Waals surface area (Å²) in [6, 6.07) is 9.49. The van der Waals surface area contributed by atoms with Crippen molar-refractivity contribution in [1.82, 2.24) is 4.98 Å². The summed E-state index contributed by atoms with van der Waals surface area (Å²) in [5, 5.41) is 3.00. The molecule has 0 fully saturated rings. The fourth-order valence-electron chi connectivity index (χ4n) is 2.46. The van der Waals surface area contributed by atoms with Crippen LogP contribution in [0.15, 0.2) is 45.7 Å². The molecule has 142 valence electrons. The zero-order valence-corrected chi connectivity index (χ0v) is 16.2. The van der Waals surface area contributed by atoms with Gasteiger partial charge in [0.15, 0.2) is 15.4 Å². The molecule has 27 heavy (non-hydrogen) atoms. The normalized spacial score (nSPS) is 11.7. The molecule has 7 nitrogen and oxygen atoms in total. The van der Waals surface area contributed by atoms with Crippen molar-refractivity contribution in [3.8, 4) is 11.5 Å². The Balaban J connectivity index is 1.99. The lowest BCUT2D eigenvalue weighted by molar-refractivity contribution is -0.119. The van der Waals surface area contributed by atoms with E-state index in [-0.39, 0.29) is 29.1 Å². The maximum atomic E-state index is 12.0. The Morgan fingerprint density at radius 1 is 1.26 bits per heavy atom. The molecule has 2 aromatic carbocycles. The molecule has 1 heterocycles. The van der Waals surface area contributed by atoms with E-state index < -0.39 is 9.84 Å². The number of benzene rings is 2. The average molecular weight is 409 g/mol. The van der Waals surface area contributed by atoms with E-state index in [1.165, 1.54) is 19.2 Å². The van der Waals surface area contributed by atoms with E-state index in [0.717, 1.165) is 0 Å². The molecule has 1 N–H and O–H groups in total. The van der Waals surface area contributed by atoms with Crippen LogP contribution in [0, 0.1) is 0 Å². The predicted molar refractivity (Wildman–Crippen MR) is 103 cm³/mol. The number of aromatic nitrogens is 1. The van der Waals surface area contributed by atoms with Gasteiger partial charge in [0, 0.05) is 12.7 Å². The van der Waals surface area contributed by atoms with Crippen molar-refractivity contribution in [3.63, 3.8) is 0 Å². The van der Waals surface area contributed by atoms with Gasteiger partial charge in [0.2, 0.25) is 11.8 Å². The number of halogens is 1. The number of nitrogens with one attached hydrogen (secondary N) is 1. The van der Waals surface area contributed by atoms with Crippen molar-refractivity contribution in [1.29, 1.82) is 0 Å². The van der Waals surface area contributed by atoms with Crippen LogP contribution in [0.5, 0.6) is 0 Å². The third kappa shape index (κ3) is 4.13. The summed E-state index contributed by atoms with van der Waals surface area (Å²) in [5.41, 5.74) is 1.87. The number of ether oxygens (including phenoxy) is 1. The first kappa shape index (κ1) is 19.3. The van der Waals surface area contributed by atoms with Gasteiger partial charge in [-0.2, -0.15) is 0 Å². The summed E-state index contributed by atoms with van der Waals surface area (Å²) in [6.07, 6.45) is 0. The lowest BCUT2D eigenvalue weighted by Crippen LogP contribution is -2.17. The molecular formula is C18H17ClN2O5S. The average Bonchev–Trinajstić information content (AvgIpc) is 3.07. The second-order valence-electron chi connectivity index (χ2n) is 5.73. The summed E-state index contributed by atoms with van der Waals surface area (Å²) >= 11 is 6.12. The highest BCUT2D eigenvalue weighted by Gasteiger charge is 2.16. The largest absolute Gasteiger partial charge is 0.436 e. The maximum absolute atomic E-state index is 12.0. The third-order valence-corrected chi connectivity index (χ3v) is 5.92. The number of methoxy groups -OCH3 is 1. The number of hydrogen-bond acceptors (Lipinski definition) is 6. The van der Waals surface area contributed by atoms with Crippen molar-refractivity contribution >= 4 is 44.1 Å². The highest BCUT2D eigenvalue weighted by Crippen LogP contribution is 2.31. The van der Waals surface area contributed by atoms with Gasteiger partial charge in [0.05, 0.1) is 21.4 Å². The van der Waals surface area contributed by atoms with Crippen LogP contribution >= 0.6 is 11.6 Å². The quantitative estimate of drug-likeness (QED) is 0.669. The van der Waals surface area contributed by atoms with Crippen LogP contribution in [0.1, 0.15) is 6.92 Å². The van der Waals surface area contributed by atoms with E-state index in [1.807, 2.05) is 0 Å². The molecule has 0 aliphatic rings. The van der Waals surface area contributed by atoms with Crippen LogP contribution in [0.25, 0.3) is 22.6 Å². The molecule has 0 aliphatic carbocycles. The summed E-state index contributed by atoms with van der Waals surface area (Å²) < 4.78 is 34.6. The van der Waals surface area contributed by atoms with Crippen LogP contribution in [0.2, 0.25) is 5.02 Å². The Morgan fingerprint density at radius 3 is 2.74 bits per heavy atom. The number of sulfone groups is 1. The maximum Gasteiger partial charge on any atom is 0.250 e. The highest BCUT2D eigenvalue weighted by molar-refractivity contribution is 7.91. The fourth-order valence-corrected chi connectivity index (χ4v) is 3.53. The molecule has 1 amide bonds. The number of oxazole rings is 1. The molecule has 0 unspecified atom stereocenters. The number of hydrogen-bond donors (Lipinski definition) is 1. The summed E-state index contributed by atoms with van der Waals surface area (Å²) in [6.45, 7) is 1.49. The van der Waals surface area contributed by atoms with E-state index in [9.17, 15) is 13.2 Å². The summed E-state index contributed by atoms with van der Waals surface area (Å²) in [4.78, 5) is 16.3. The number of amides is 1. The van der Waals surface area contributed by atoms with Gasteiger partial charge in [-0.3, -0.25) is 4.79 Å². The first-order chi connectivity index (χ1) is 12.8. The zero-order chi connectivity index (χ0) is 19.6. The van der Waals surface area contributed by atoms with Crippen LogP contribution in [0.4, 0.5) is 5.69 Å². The van der Waals surface area contributed by atoms with Gasteiger partial charge < -0.3 is 14.5 Å². The molecule has 0 spiro atoms. The Bertz CT molecular complexity index is 1110. The van der Waals surface area contributed by atoms with Gasteiger partial charge in [0.1, 0.15) is 12.1 Å². The first-order valence-electron chi connectivity index (χ1n) is 8.06. The zero-order valence-electron chi connectivity index (χ0n) is 14.7. The number of carbonyl (C=O) groups is 1. The molecule has 0 saturated heterocycles. The second kappa shape index (κ2) is 7.67. The number of rotatable bonds is 6. The molecule has 3 aromatic rings. The van der Waals surface area contributed by atoms with Gasteiger partial charge in [-0.25, -0.2) is 13.4 Å². The monoisotopic (exact) mass is 408 g/mol. The van der Waals surface area contributed by atoms with Crippen molar-refractivity contribution in [3.05, 3.63) is 41.4 Å². The van der Waals surface area contributed by atoms with Crippen LogP contribution < -0.4 is 5.32 Å². The molecule has 0 radical (unpaired) electrons. The van der Waals surface area contributed by atoms with Crippen LogP contribution in [0.3, 0.4) is 0 Å². The Labute approximate surface area is 161 Å². The Kier molecular flexibility index (Phi) is 5.50. The number of nitrogens with zero attached hydrogens (tertiary/aromatic N) is 1. The minimum atomic E-state index is -3.33. The van der Waals surface area contributed by atoms with E-state index in [1.54, 1.807) is 31.2 Å². The van der Waals surface area contributed by atoms with E-state index in [0.29, 0.717) is 27.4 Å². The second-order valence-corrected chi connectivity index (χ2v) is 8.41. The SMILES string of the molecule is CCS(=O)(=O)c1ccc2oc(-c3ccc(Cl)c(NC(=O)COC)c3)nc2c1. The fraction of sp³-hybridized carbons (Fsp3) is 0.222. The predicted octanol–water partition coefficient (Wildman–Crippen LogP) is 3.53. The number of carbonyl (C=O) groups excluding carboxylic acids is 1. The standard InChI is InChI=1S/C18H17ClN2O5S/c1-3-27(23,24)12-5-7-16-15(9-12)21-18(26-16)11-4-6-13(19)14(8-11)20-17(22)10-25-2/h4-9H,3,10H2,1-2H3,(H,20,22). The molecule has 3 rings (SSSR count). The Morgan fingerprint density at radius 2 is 2.04 bits per heavy atom. The van der Waals surface area contributed by atoms with Gasteiger partial charge in [-0.1, -0.05) is 18.5 Å². The Hall–Kier alpha value is -2.42. The molecule has 0 bridgehead atoms. The van der Waals surface area contributed by atoms with Crippen LogP contribution in [-0.2, 0) is 19.4 Å². The van der Waals surface area contributed by atoms with Crippen LogP contribution in [-0.4, -0.2) is 38.8 Å². The van der Waals surface area contributed by atoms with Gasteiger partial charge >= 0.3 is 0 Å². The lowest BCUT2D eigenvalue weighted by atomic mass is 10.2. The van der Waals surface area contributed by atoms with Gasteiger partial charge in [0.25, 0.3) is 0 Å². The first-order valence-corrected chi connectivity index (χ1v) is 10.1. The summed E-state index contributed by atoms with van der Waals surface area (Å²) in [7, 11) is -1.92. The molecule has 0 atom stereocenters. The van der Waals surface area contributed by atoms with Crippen molar-refractivity contribution < 1.29 is 22.4 Å². The summed E-state index contributed by atoms with van der Waals surface area (Å²) in [5.74, 6) is -0.0521. The van der Waals surface area contributed by atoms with E-state index in [2.05, 4.69) is 10.3 Å². The van der Waals surface area contributed by atoms with Crippen molar-refractivity contribution in [2.45, 2.75) is 11.8 Å². The van der Waals surface area contributed by atoms with Gasteiger partial charge in [-0.05, 0) is 36.4 Å². The van der Waals surface area contributed by atoms with Gasteiger partial charge in [-0.15, -0.1) is 0 Å². The smallest absolute Gasteiger partial charge is 0.250 e. The molecule has 9 heteroatoms. The van der Waals surface area contributed by atoms with Crippen molar-refractivity contribution in [2.24, 2.45) is 0 Å².